The molecule has 2 N–H and O–H groups in total. The van der Waals surface area contributed by atoms with Gasteiger partial charge in [-0.2, -0.15) is 8.78 Å². The maximum atomic E-state index is 12.6. The molecule has 0 aliphatic rings. The number of nitrogen functional groups attached to an aromatic ring is 1. The van der Waals surface area contributed by atoms with E-state index in [0.717, 1.165) is 0 Å². The molecule has 1 heterocycles. The van der Waals surface area contributed by atoms with E-state index in [0.29, 0.717) is 17.7 Å². The van der Waals surface area contributed by atoms with Gasteiger partial charge in [0, 0.05) is 11.3 Å². The standard InChI is InChI=1S/C11H15F4N3O/c1-3-7-6(2)9(16)18-8(17-7)4-19-5-11(14,15)10(12)13/h10H,3-5H2,1-2H3,(H2,16,17,18). The van der Waals surface area contributed by atoms with Crippen molar-refractivity contribution in [1.29, 1.82) is 0 Å². The molecule has 0 aromatic carbocycles. The fraction of sp³-hybridized carbons (Fsp3) is 0.636. The molecule has 0 fully saturated rings. The number of rotatable bonds is 6. The monoisotopic (exact) mass is 281 g/mol. The Balaban J connectivity index is 2.67. The molecule has 1 aromatic rings. The number of alkyl halides is 4. The Hall–Kier alpha value is -1.44. The SMILES string of the molecule is CCc1nc(COCC(F)(F)C(F)F)nc(N)c1C. The van der Waals surface area contributed by atoms with E-state index in [-0.39, 0.29) is 18.2 Å². The quantitative estimate of drug-likeness (QED) is 0.813. The van der Waals surface area contributed by atoms with E-state index in [9.17, 15) is 17.6 Å². The van der Waals surface area contributed by atoms with Gasteiger partial charge in [-0.15, -0.1) is 0 Å². The average Bonchev–Trinajstić information content (AvgIpc) is 2.33. The van der Waals surface area contributed by atoms with Crippen LogP contribution < -0.4 is 5.73 Å². The van der Waals surface area contributed by atoms with E-state index in [1.54, 1.807) is 6.92 Å². The Morgan fingerprint density at radius 1 is 1.32 bits per heavy atom. The zero-order valence-corrected chi connectivity index (χ0v) is 10.6. The van der Waals surface area contributed by atoms with Crippen LogP contribution in [0.15, 0.2) is 0 Å². The second-order valence-corrected chi connectivity index (χ2v) is 4.00. The van der Waals surface area contributed by atoms with E-state index < -0.39 is 19.0 Å². The molecule has 108 valence electrons. The topological polar surface area (TPSA) is 61.0 Å². The molecular formula is C11H15F4N3O. The molecule has 4 nitrogen and oxygen atoms in total. The van der Waals surface area contributed by atoms with Crippen molar-refractivity contribution in [3.05, 3.63) is 17.1 Å². The number of anilines is 1. The van der Waals surface area contributed by atoms with E-state index in [4.69, 9.17) is 5.73 Å². The molecule has 0 bridgehead atoms. The summed E-state index contributed by atoms with van der Waals surface area (Å²) < 4.78 is 53.5. The Morgan fingerprint density at radius 3 is 2.47 bits per heavy atom. The van der Waals surface area contributed by atoms with Crippen molar-refractivity contribution in [2.75, 3.05) is 12.3 Å². The Labute approximate surface area is 108 Å². The van der Waals surface area contributed by atoms with E-state index in [1.165, 1.54) is 0 Å². The molecule has 1 rings (SSSR count). The van der Waals surface area contributed by atoms with Crippen LogP contribution in [0.25, 0.3) is 0 Å². The Morgan fingerprint density at radius 2 is 1.95 bits per heavy atom. The molecule has 0 radical (unpaired) electrons. The number of aromatic nitrogens is 2. The number of halogens is 4. The first-order valence-electron chi connectivity index (χ1n) is 5.63. The third-order valence-corrected chi connectivity index (χ3v) is 2.51. The summed E-state index contributed by atoms with van der Waals surface area (Å²) in [5, 5.41) is 0. The lowest BCUT2D eigenvalue weighted by atomic mass is 10.2. The van der Waals surface area contributed by atoms with Gasteiger partial charge in [0.2, 0.25) is 0 Å². The van der Waals surface area contributed by atoms with Crippen LogP contribution in [0.4, 0.5) is 23.4 Å². The predicted molar refractivity (Wildman–Crippen MR) is 61.2 cm³/mol. The van der Waals surface area contributed by atoms with Gasteiger partial charge in [0.25, 0.3) is 0 Å². The van der Waals surface area contributed by atoms with Gasteiger partial charge in [-0.3, -0.25) is 0 Å². The van der Waals surface area contributed by atoms with Crippen LogP contribution in [0.2, 0.25) is 0 Å². The largest absolute Gasteiger partial charge is 0.383 e. The lowest BCUT2D eigenvalue weighted by Crippen LogP contribution is -2.32. The Kier molecular flexibility index (Phi) is 5.04. The smallest absolute Gasteiger partial charge is 0.330 e. The summed E-state index contributed by atoms with van der Waals surface area (Å²) in [7, 11) is 0. The number of aryl methyl sites for hydroxylation is 1. The maximum absolute atomic E-state index is 12.6. The fourth-order valence-corrected chi connectivity index (χ4v) is 1.39. The highest BCUT2D eigenvalue weighted by atomic mass is 19.3. The van der Waals surface area contributed by atoms with Crippen molar-refractivity contribution in [3.8, 4) is 0 Å². The van der Waals surface area contributed by atoms with Crippen LogP contribution in [0.5, 0.6) is 0 Å². The molecular weight excluding hydrogens is 266 g/mol. The van der Waals surface area contributed by atoms with Gasteiger partial charge in [-0.25, -0.2) is 18.7 Å². The minimum atomic E-state index is -4.18. The van der Waals surface area contributed by atoms with Crippen molar-refractivity contribution < 1.29 is 22.3 Å². The fourth-order valence-electron chi connectivity index (χ4n) is 1.39. The van der Waals surface area contributed by atoms with Gasteiger partial charge in [-0.1, -0.05) is 6.92 Å². The van der Waals surface area contributed by atoms with Crippen LogP contribution in [0.3, 0.4) is 0 Å². The summed E-state index contributed by atoms with van der Waals surface area (Å²) in [6, 6.07) is 0. The van der Waals surface area contributed by atoms with E-state index >= 15 is 0 Å². The minimum Gasteiger partial charge on any atom is -0.383 e. The number of hydrogen-bond acceptors (Lipinski definition) is 4. The van der Waals surface area contributed by atoms with Crippen molar-refractivity contribution in [1.82, 2.24) is 9.97 Å². The average molecular weight is 281 g/mol. The first kappa shape index (κ1) is 15.6. The second kappa shape index (κ2) is 6.14. The van der Waals surface area contributed by atoms with Crippen LogP contribution in [0.1, 0.15) is 24.0 Å². The third kappa shape index (κ3) is 4.02. The zero-order valence-electron chi connectivity index (χ0n) is 10.6. The van der Waals surface area contributed by atoms with Crippen molar-refractivity contribution >= 4 is 5.82 Å². The van der Waals surface area contributed by atoms with Gasteiger partial charge in [-0.05, 0) is 13.3 Å². The molecule has 0 aliphatic carbocycles. The maximum Gasteiger partial charge on any atom is 0.330 e. The van der Waals surface area contributed by atoms with Crippen molar-refractivity contribution in [2.45, 2.75) is 39.2 Å². The normalized spacial score (nSPS) is 12.2. The first-order valence-corrected chi connectivity index (χ1v) is 5.63. The van der Waals surface area contributed by atoms with Crippen LogP contribution >= 0.6 is 0 Å². The summed E-state index contributed by atoms with van der Waals surface area (Å²) in [4.78, 5) is 7.92. The van der Waals surface area contributed by atoms with Crippen LogP contribution in [-0.4, -0.2) is 28.9 Å². The molecule has 0 spiro atoms. The van der Waals surface area contributed by atoms with E-state index in [1.807, 2.05) is 6.92 Å². The molecule has 0 unspecified atom stereocenters. The lowest BCUT2D eigenvalue weighted by Gasteiger charge is -2.15. The van der Waals surface area contributed by atoms with E-state index in [2.05, 4.69) is 14.7 Å². The van der Waals surface area contributed by atoms with Gasteiger partial charge in [0.1, 0.15) is 19.0 Å². The molecule has 19 heavy (non-hydrogen) atoms. The molecule has 0 amide bonds. The van der Waals surface area contributed by atoms with Gasteiger partial charge in [0.15, 0.2) is 5.82 Å². The van der Waals surface area contributed by atoms with Crippen LogP contribution in [-0.2, 0) is 17.8 Å². The highest BCUT2D eigenvalue weighted by Gasteiger charge is 2.41. The number of nitrogens with two attached hydrogens (primary N) is 1. The zero-order chi connectivity index (χ0) is 14.6. The number of hydrogen-bond donors (Lipinski definition) is 1. The molecule has 0 aliphatic heterocycles. The summed E-state index contributed by atoms with van der Waals surface area (Å²) in [6.45, 7) is 1.82. The predicted octanol–water partition coefficient (Wildman–Crippen LogP) is 2.35. The minimum absolute atomic E-state index is 0.102. The highest BCUT2D eigenvalue weighted by Crippen LogP contribution is 2.23. The number of ether oxygens (including phenoxy) is 1. The molecule has 0 saturated carbocycles. The molecule has 8 heteroatoms. The van der Waals surface area contributed by atoms with Gasteiger partial charge in [0.05, 0.1) is 0 Å². The van der Waals surface area contributed by atoms with Crippen LogP contribution in [0, 0.1) is 6.92 Å². The first-order chi connectivity index (χ1) is 8.77. The van der Waals surface area contributed by atoms with Gasteiger partial charge < -0.3 is 10.5 Å². The summed E-state index contributed by atoms with van der Waals surface area (Å²) in [5.74, 6) is -3.85. The third-order valence-electron chi connectivity index (χ3n) is 2.51. The summed E-state index contributed by atoms with van der Waals surface area (Å²) in [6.07, 6.45) is -3.17. The molecule has 0 atom stereocenters. The second-order valence-electron chi connectivity index (χ2n) is 4.00. The molecule has 0 saturated heterocycles. The lowest BCUT2D eigenvalue weighted by molar-refractivity contribution is -0.168. The summed E-state index contributed by atoms with van der Waals surface area (Å²) >= 11 is 0. The van der Waals surface area contributed by atoms with Crippen molar-refractivity contribution in [2.24, 2.45) is 0 Å². The van der Waals surface area contributed by atoms with Crippen molar-refractivity contribution in [3.63, 3.8) is 0 Å². The highest BCUT2D eigenvalue weighted by molar-refractivity contribution is 5.41. The Bertz CT molecular complexity index is 440. The van der Waals surface area contributed by atoms with Gasteiger partial charge >= 0.3 is 12.3 Å². The summed E-state index contributed by atoms with van der Waals surface area (Å²) in [5.41, 5.74) is 7.01. The number of nitrogens with zero attached hydrogens (tertiary/aromatic N) is 2. The molecule has 1 aromatic heterocycles.